The summed E-state index contributed by atoms with van der Waals surface area (Å²) in [6, 6.07) is 16.1. The standard InChI is InChI=1S/C16H14BrNO2S/c1-2-13-14-10-6-7-11-15(14)18(16(13)17)21(19,20)12-8-4-3-5-9-12/h3-11H,2H2,1H3. The van der Waals surface area contributed by atoms with Gasteiger partial charge in [-0.15, -0.1) is 0 Å². The maximum atomic E-state index is 12.9. The molecule has 1 heterocycles. The maximum Gasteiger partial charge on any atom is 0.269 e. The summed E-state index contributed by atoms with van der Waals surface area (Å²) in [6.07, 6.45) is 0.762. The van der Waals surface area contributed by atoms with Crippen molar-refractivity contribution in [3.05, 3.63) is 64.8 Å². The Kier molecular flexibility index (Phi) is 3.63. The zero-order chi connectivity index (χ0) is 15.0. The number of halogens is 1. The molecule has 0 bridgehead atoms. The van der Waals surface area contributed by atoms with Crippen LogP contribution in [0.1, 0.15) is 12.5 Å². The largest absolute Gasteiger partial charge is 0.269 e. The average molecular weight is 364 g/mol. The monoisotopic (exact) mass is 363 g/mol. The van der Waals surface area contributed by atoms with Crippen LogP contribution < -0.4 is 0 Å². The minimum Gasteiger partial charge on any atom is -0.227 e. The zero-order valence-electron chi connectivity index (χ0n) is 11.5. The van der Waals surface area contributed by atoms with Gasteiger partial charge in [0.1, 0.15) is 4.60 Å². The Bertz CT molecular complexity index is 899. The Balaban J connectivity index is 2.39. The van der Waals surface area contributed by atoms with Crippen LogP contribution in [0.3, 0.4) is 0 Å². The number of fused-ring (bicyclic) bond motifs is 1. The summed E-state index contributed by atoms with van der Waals surface area (Å²) in [5, 5.41) is 0.964. The lowest BCUT2D eigenvalue weighted by Gasteiger charge is -2.09. The highest BCUT2D eigenvalue weighted by atomic mass is 79.9. The third kappa shape index (κ3) is 2.21. The highest BCUT2D eigenvalue weighted by Crippen LogP contribution is 2.33. The fraction of sp³-hybridized carbons (Fsp3) is 0.125. The van der Waals surface area contributed by atoms with E-state index in [-0.39, 0.29) is 4.90 Å². The van der Waals surface area contributed by atoms with E-state index in [9.17, 15) is 8.42 Å². The summed E-state index contributed by atoms with van der Waals surface area (Å²) in [5.41, 5.74) is 1.70. The van der Waals surface area contributed by atoms with Crippen LogP contribution in [0.2, 0.25) is 0 Å². The summed E-state index contributed by atoms with van der Waals surface area (Å²) < 4.78 is 27.9. The predicted octanol–water partition coefficient (Wildman–Crippen LogP) is 4.20. The van der Waals surface area contributed by atoms with Crippen LogP contribution in [0.4, 0.5) is 0 Å². The highest BCUT2D eigenvalue weighted by molar-refractivity contribution is 9.10. The van der Waals surface area contributed by atoms with E-state index in [4.69, 9.17) is 0 Å². The van der Waals surface area contributed by atoms with Gasteiger partial charge >= 0.3 is 0 Å². The molecule has 0 atom stereocenters. The number of para-hydroxylation sites is 1. The molecule has 0 fully saturated rings. The fourth-order valence-electron chi connectivity index (χ4n) is 2.51. The van der Waals surface area contributed by atoms with Crippen LogP contribution in [-0.4, -0.2) is 12.4 Å². The van der Waals surface area contributed by atoms with Gasteiger partial charge in [-0.25, -0.2) is 12.4 Å². The Labute approximate surface area is 132 Å². The fourth-order valence-corrected chi connectivity index (χ4v) is 5.22. The molecule has 0 aliphatic carbocycles. The van der Waals surface area contributed by atoms with Gasteiger partial charge in [0, 0.05) is 5.39 Å². The van der Waals surface area contributed by atoms with Gasteiger partial charge in [-0.05, 0) is 46.1 Å². The molecule has 3 aromatic rings. The number of hydrogen-bond donors (Lipinski definition) is 0. The van der Waals surface area contributed by atoms with Gasteiger partial charge < -0.3 is 0 Å². The van der Waals surface area contributed by atoms with Gasteiger partial charge in [-0.3, -0.25) is 0 Å². The van der Waals surface area contributed by atoms with Crippen molar-refractivity contribution in [3.63, 3.8) is 0 Å². The van der Waals surface area contributed by atoms with Crippen LogP contribution in [-0.2, 0) is 16.4 Å². The van der Waals surface area contributed by atoms with Gasteiger partial charge in [0.15, 0.2) is 0 Å². The van der Waals surface area contributed by atoms with Crippen molar-refractivity contribution >= 4 is 36.9 Å². The van der Waals surface area contributed by atoms with Gasteiger partial charge in [0.05, 0.1) is 10.4 Å². The number of nitrogens with zero attached hydrogens (tertiary/aromatic N) is 1. The number of hydrogen-bond acceptors (Lipinski definition) is 2. The normalized spacial score (nSPS) is 11.9. The van der Waals surface area contributed by atoms with E-state index < -0.39 is 10.0 Å². The van der Waals surface area contributed by atoms with Crippen LogP contribution in [0.5, 0.6) is 0 Å². The molecular formula is C16H14BrNO2S. The van der Waals surface area contributed by atoms with Gasteiger partial charge in [-0.1, -0.05) is 43.3 Å². The smallest absolute Gasteiger partial charge is 0.227 e. The molecular weight excluding hydrogens is 350 g/mol. The lowest BCUT2D eigenvalue weighted by molar-refractivity contribution is 0.588. The molecule has 3 rings (SSSR count). The van der Waals surface area contributed by atoms with Crippen molar-refractivity contribution in [2.75, 3.05) is 0 Å². The molecule has 2 aromatic carbocycles. The van der Waals surface area contributed by atoms with Crippen LogP contribution in [0, 0.1) is 0 Å². The molecule has 0 saturated heterocycles. The number of rotatable bonds is 3. The molecule has 3 nitrogen and oxygen atoms in total. The molecule has 108 valence electrons. The first-order chi connectivity index (χ1) is 10.1. The summed E-state index contributed by atoms with van der Waals surface area (Å²) in [4.78, 5) is 0.286. The first-order valence-electron chi connectivity index (χ1n) is 6.65. The SMILES string of the molecule is CCc1c(Br)n(S(=O)(=O)c2ccccc2)c2ccccc12. The van der Waals surface area contributed by atoms with E-state index in [0.717, 1.165) is 17.4 Å². The first kappa shape index (κ1) is 14.4. The van der Waals surface area contributed by atoms with Crippen molar-refractivity contribution in [2.45, 2.75) is 18.2 Å². The Hall–Kier alpha value is -1.59. The number of aryl methyl sites for hydroxylation is 1. The van der Waals surface area contributed by atoms with E-state index in [2.05, 4.69) is 15.9 Å². The Morgan fingerprint density at radius 1 is 1.00 bits per heavy atom. The van der Waals surface area contributed by atoms with Crippen molar-refractivity contribution < 1.29 is 8.42 Å². The molecule has 5 heteroatoms. The van der Waals surface area contributed by atoms with Crippen molar-refractivity contribution in [2.24, 2.45) is 0 Å². The third-order valence-corrected chi connectivity index (χ3v) is 6.31. The van der Waals surface area contributed by atoms with Gasteiger partial charge in [-0.2, -0.15) is 0 Å². The van der Waals surface area contributed by atoms with Gasteiger partial charge in [0.25, 0.3) is 10.0 Å². The molecule has 0 saturated carbocycles. The van der Waals surface area contributed by atoms with E-state index in [1.54, 1.807) is 30.3 Å². The second kappa shape index (κ2) is 5.31. The molecule has 0 aliphatic rings. The molecule has 0 unspecified atom stereocenters. The average Bonchev–Trinajstić information content (AvgIpc) is 2.80. The van der Waals surface area contributed by atoms with E-state index in [1.807, 2.05) is 31.2 Å². The van der Waals surface area contributed by atoms with Crippen LogP contribution in [0.15, 0.2) is 64.1 Å². The molecule has 0 spiro atoms. The Morgan fingerprint density at radius 3 is 2.29 bits per heavy atom. The summed E-state index contributed by atoms with van der Waals surface area (Å²) in [7, 11) is -3.62. The first-order valence-corrected chi connectivity index (χ1v) is 8.89. The van der Waals surface area contributed by atoms with Crippen molar-refractivity contribution in [1.82, 2.24) is 3.97 Å². The minimum absolute atomic E-state index is 0.286. The number of aromatic nitrogens is 1. The topological polar surface area (TPSA) is 39.1 Å². The highest BCUT2D eigenvalue weighted by Gasteiger charge is 2.24. The zero-order valence-corrected chi connectivity index (χ0v) is 13.9. The number of benzene rings is 2. The van der Waals surface area contributed by atoms with E-state index in [1.165, 1.54) is 3.97 Å². The lowest BCUT2D eigenvalue weighted by atomic mass is 10.1. The molecule has 0 N–H and O–H groups in total. The second-order valence-electron chi connectivity index (χ2n) is 4.72. The van der Waals surface area contributed by atoms with Crippen molar-refractivity contribution in [1.29, 1.82) is 0 Å². The summed E-state index contributed by atoms with van der Waals surface area (Å²) in [5.74, 6) is 0. The third-order valence-electron chi connectivity index (χ3n) is 3.51. The Morgan fingerprint density at radius 2 is 1.62 bits per heavy atom. The van der Waals surface area contributed by atoms with Crippen LogP contribution >= 0.6 is 15.9 Å². The maximum absolute atomic E-state index is 12.9. The summed E-state index contributed by atoms with van der Waals surface area (Å²) >= 11 is 3.47. The van der Waals surface area contributed by atoms with Crippen LogP contribution in [0.25, 0.3) is 10.9 Å². The predicted molar refractivity (Wildman–Crippen MR) is 88.0 cm³/mol. The molecule has 21 heavy (non-hydrogen) atoms. The van der Waals surface area contributed by atoms with E-state index in [0.29, 0.717) is 10.1 Å². The molecule has 0 amide bonds. The molecule has 1 aromatic heterocycles. The quantitative estimate of drug-likeness (QED) is 0.699. The van der Waals surface area contributed by atoms with E-state index >= 15 is 0 Å². The minimum atomic E-state index is -3.62. The lowest BCUT2D eigenvalue weighted by Crippen LogP contribution is -2.13. The van der Waals surface area contributed by atoms with Crippen molar-refractivity contribution in [3.8, 4) is 0 Å². The molecule has 0 aliphatic heterocycles. The van der Waals surface area contributed by atoms with Gasteiger partial charge in [0.2, 0.25) is 0 Å². The summed E-state index contributed by atoms with van der Waals surface area (Å²) in [6.45, 7) is 2.02. The second-order valence-corrected chi connectivity index (χ2v) is 7.26. The molecule has 0 radical (unpaired) electrons.